The van der Waals surface area contributed by atoms with Gasteiger partial charge in [0.15, 0.2) is 0 Å². The molecule has 2 aromatic rings. The number of carbonyl (C=O) groups excluding carboxylic acids is 1. The number of nitrogens with zero attached hydrogens (tertiary/aromatic N) is 2. The number of benzene rings is 1. The number of halogens is 2. The molecule has 1 unspecified atom stereocenters. The molecule has 4 nitrogen and oxygen atoms in total. The highest BCUT2D eigenvalue weighted by Crippen LogP contribution is 2.17. The van der Waals surface area contributed by atoms with E-state index in [1.165, 1.54) is 6.07 Å². The van der Waals surface area contributed by atoms with Gasteiger partial charge in [-0.3, -0.25) is 9.69 Å². The van der Waals surface area contributed by atoms with Gasteiger partial charge in [-0.05, 0) is 31.5 Å². The number of aryl methyl sites for hydroxylation is 1. The maximum Gasteiger partial charge on any atom is 0.268 e. The number of carbonyl (C=O) groups is 1. The van der Waals surface area contributed by atoms with Crippen LogP contribution in [0.1, 0.15) is 28.9 Å². The van der Waals surface area contributed by atoms with E-state index in [4.69, 9.17) is 11.6 Å². The van der Waals surface area contributed by atoms with Crippen LogP contribution in [0.5, 0.6) is 0 Å². The molecule has 1 atom stereocenters. The van der Waals surface area contributed by atoms with Crippen LogP contribution in [-0.4, -0.2) is 34.5 Å². The van der Waals surface area contributed by atoms with E-state index < -0.39 is 0 Å². The average molecular weight is 350 g/mol. The van der Waals surface area contributed by atoms with Gasteiger partial charge in [0.05, 0.1) is 5.02 Å². The topological polar surface area (TPSA) is 37.3 Å². The first-order chi connectivity index (χ1) is 11.5. The van der Waals surface area contributed by atoms with Crippen LogP contribution in [0.15, 0.2) is 36.5 Å². The number of aromatic nitrogens is 1. The van der Waals surface area contributed by atoms with Crippen LogP contribution in [-0.2, 0) is 13.6 Å². The van der Waals surface area contributed by atoms with Crippen LogP contribution in [0.25, 0.3) is 0 Å². The molecular weight excluding hydrogens is 329 g/mol. The van der Waals surface area contributed by atoms with Gasteiger partial charge in [0.25, 0.3) is 5.91 Å². The van der Waals surface area contributed by atoms with Gasteiger partial charge in [-0.15, -0.1) is 0 Å². The highest BCUT2D eigenvalue weighted by Gasteiger charge is 2.23. The van der Waals surface area contributed by atoms with Crippen LogP contribution in [0, 0.1) is 5.82 Å². The molecule has 1 aromatic heterocycles. The van der Waals surface area contributed by atoms with Crippen LogP contribution in [0.4, 0.5) is 4.39 Å². The van der Waals surface area contributed by atoms with Crippen LogP contribution in [0.3, 0.4) is 0 Å². The minimum Gasteiger partial charge on any atom is -0.347 e. The van der Waals surface area contributed by atoms with Crippen molar-refractivity contribution in [2.75, 3.05) is 13.1 Å². The molecule has 0 aliphatic carbocycles. The Morgan fingerprint density at radius 1 is 1.42 bits per heavy atom. The van der Waals surface area contributed by atoms with E-state index in [9.17, 15) is 9.18 Å². The lowest BCUT2D eigenvalue weighted by molar-refractivity contribution is 0.0892. The van der Waals surface area contributed by atoms with Gasteiger partial charge in [0, 0.05) is 37.9 Å². The summed E-state index contributed by atoms with van der Waals surface area (Å²) < 4.78 is 15.5. The van der Waals surface area contributed by atoms with Gasteiger partial charge in [-0.1, -0.05) is 29.8 Å². The zero-order valence-electron chi connectivity index (χ0n) is 13.6. The van der Waals surface area contributed by atoms with Crippen molar-refractivity contribution in [2.24, 2.45) is 7.05 Å². The third-order valence-electron chi connectivity index (χ3n) is 4.40. The van der Waals surface area contributed by atoms with Crippen LogP contribution >= 0.6 is 11.6 Å². The third-order valence-corrected chi connectivity index (χ3v) is 4.60. The molecule has 128 valence electrons. The molecule has 3 rings (SSSR count). The van der Waals surface area contributed by atoms with Crippen molar-refractivity contribution in [3.8, 4) is 0 Å². The van der Waals surface area contributed by atoms with E-state index in [0.29, 0.717) is 22.8 Å². The van der Waals surface area contributed by atoms with E-state index in [1.807, 2.05) is 12.1 Å². The zero-order valence-corrected chi connectivity index (χ0v) is 14.4. The number of amides is 1. The third kappa shape index (κ3) is 3.97. The fraction of sp³-hybridized carbons (Fsp3) is 0.389. The fourth-order valence-electron chi connectivity index (χ4n) is 3.19. The molecule has 24 heavy (non-hydrogen) atoms. The first-order valence-electron chi connectivity index (χ1n) is 8.11. The minimum absolute atomic E-state index is 0.0618. The normalized spacial score (nSPS) is 18.5. The Morgan fingerprint density at radius 2 is 2.21 bits per heavy atom. The van der Waals surface area contributed by atoms with E-state index in [-0.39, 0.29) is 17.8 Å². The minimum atomic E-state index is -0.179. The lowest BCUT2D eigenvalue weighted by atomic mass is 10.0. The predicted molar refractivity (Wildman–Crippen MR) is 92.6 cm³/mol. The number of hydrogen-bond donors (Lipinski definition) is 1. The molecule has 1 amide bonds. The molecule has 2 heterocycles. The maximum absolute atomic E-state index is 13.8. The van der Waals surface area contributed by atoms with Gasteiger partial charge in [-0.25, -0.2) is 4.39 Å². The van der Waals surface area contributed by atoms with E-state index in [1.54, 1.807) is 29.9 Å². The Labute approximate surface area is 146 Å². The molecule has 1 saturated heterocycles. The van der Waals surface area contributed by atoms with Crippen molar-refractivity contribution in [1.29, 1.82) is 0 Å². The zero-order chi connectivity index (χ0) is 17.1. The second-order valence-electron chi connectivity index (χ2n) is 6.29. The number of likely N-dealkylation sites (tertiary alicyclic amines) is 1. The molecular formula is C18H21ClFN3O. The lowest BCUT2D eigenvalue weighted by Gasteiger charge is -2.33. The van der Waals surface area contributed by atoms with Gasteiger partial charge in [0.2, 0.25) is 0 Å². The number of piperidine rings is 1. The van der Waals surface area contributed by atoms with E-state index in [0.717, 1.165) is 25.9 Å². The fourth-order valence-corrected chi connectivity index (χ4v) is 3.44. The van der Waals surface area contributed by atoms with Crippen molar-refractivity contribution in [3.05, 3.63) is 58.6 Å². The monoisotopic (exact) mass is 349 g/mol. The van der Waals surface area contributed by atoms with Crippen molar-refractivity contribution in [1.82, 2.24) is 14.8 Å². The molecule has 1 N–H and O–H groups in total. The molecule has 0 radical (unpaired) electrons. The summed E-state index contributed by atoms with van der Waals surface area (Å²) in [6.07, 6.45) is 3.62. The highest BCUT2D eigenvalue weighted by molar-refractivity contribution is 6.31. The number of nitrogens with one attached hydrogen (secondary N) is 1. The quantitative estimate of drug-likeness (QED) is 0.920. The van der Waals surface area contributed by atoms with Gasteiger partial charge >= 0.3 is 0 Å². The van der Waals surface area contributed by atoms with Crippen molar-refractivity contribution >= 4 is 17.5 Å². The summed E-state index contributed by atoms with van der Waals surface area (Å²) in [5.41, 5.74) is 1.24. The Morgan fingerprint density at radius 3 is 2.92 bits per heavy atom. The molecule has 0 spiro atoms. The number of rotatable bonds is 4. The van der Waals surface area contributed by atoms with Crippen molar-refractivity contribution in [3.63, 3.8) is 0 Å². The molecule has 1 aliphatic rings. The second-order valence-corrected chi connectivity index (χ2v) is 6.73. The first-order valence-corrected chi connectivity index (χ1v) is 8.49. The summed E-state index contributed by atoms with van der Waals surface area (Å²) in [7, 11) is 1.80. The highest BCUT2D eigenvalue weighted by atomic mass is 35.5. The Hall–Kier alpha value is -1.85. The summed E-state index contributed by atoms with van der Waals surface area (Å²) in [6, 6.07) is 8.56. The SMILES string of the molecule is Cn1cc(Cl)cc1C(=O)NC1CCCN(Cc2ccccc2F)C1. The number of hydrogen-bond acceptors (Lipinski definition) is 2. The first kappa shape index (κ1) is 17.0. The predicted octanol–water partition coefficient (Wildman–Crippen LogP) is 3.21. The summed E-state index contributed by atoms with van der Waals surface area (Å²) in [6.45, 7) is 2.20. The van der Waals surface area contributed by atoms with Gasteiger partial charge in [0.1, 0.15) is 11.5 Å². The summed E-state index contributed by atoms with van der Waals surface area (Å²) in [4.78, 5) is 14.6. The average Bonchev–Trinajstić information content (AvgIpc) is 2.89. The second kappa shape index (κ2) is 7.36. The molecule has 6 heteroatoms. The molecule has 0 saturated carbocycles. The van der Waals surface area contributed by atoms with Crippen molar-refractivity contribution < 1.29 is 9.18 Å². The summed E-state index contributed by atoms with van der Waals surface area (Å²) in [5.74, 6) is -0.302. The Balaban J connectivity index is 1.60. The van der Waals surface area contributed by atoms with Crippen molar-refractivity contribution in [2.45, 2.75) is 25.4 Å². The standard InChI is InChI=1S/C18H21ClFN3O/c1-22-11-14(19)9-17(22)18(24)21-15-6-4-8-23(12-15)10-13-5-2-3-7-16(13)20/h2-3,5,7,9,11,15H,4,6,8,10,12H2,1H3,(H,21,24). The van der Waals surface area contributed by atoms with Crippen LogP contribution < -0.4 is 5.32 Å². The molecule has 1 aromatic carbocycles. The molecule has 0 bridgehead atoms. The Kier molecular flexibility index (Phi) is 5.21. The van der Waals surface area contributed by atoms with E-state index in [2.05, 4.69) is 10.2 Å². The summed E-state index contributed by atoms with van der Waals surface area (Å²) >= 11 is 5.94. The smallest absolute Gasteiger partial charge is 0.268 e. The Bertz CT molecular complexity index is 731. The summed E-state index contributed by atoms with van der Waals surface area (Å²) in [5, 5.41) is 3.61. The van der Waals surface area contributed by atoms with Crippen LogP contribution in [0.2, 0.25) is 5.02 Å². The van der Waals surface area contributed by atoms with E-state index >= 15 is 0 Å². The maximum atomic E-state index is 13.8. The lowest BCUT2D eigenvalue weighted by Crippen LogP contribution is -2.47. The van der Waals surface area contributed by atoms with Gasteiger partial charge in [-0.2, -0.15) is 0 Å². The molecule has 1 aliphatic heterocycles. The largest absolute Gasteiger partial charge is 0.347 e. The van der Waals surface area contributed by atoms with Gasteiger partial charge < -0.3 is 9.88 Å². The molecule has 1 fully saturated rings.